The number of rotatable bonds is 6. The van der Waals surface area contributed by atoms with Gasteiger partial charge in [0.15, 0.2) is 0 Å². The van der Waals surface area contributed by atoms with Gasteiger partial charge in [0.2, 0.25) is 0 Å². The number of carboxylic acid groups (broad SMARTS) is 1. The fourth-order valence-corrected chi connectivity index (χ4v) is 4.19. The van der Waals surface area contributed by atoms with Crippen LogP contribution >= 0.6 is 0 Å². The van der Waals surface area contributed by atoms with E-state index in [4.69, 9.17) is 5.11 Å². The van der Waals surface area contributed by atoms with Crippen molar-refractivity contribution in [2.45, 2.75) is 38.2 Å². The number of fused-ring (bicyclic) bond motifs is 1. The number of halogens is 2. The molecule has 6 nitrogen and oxygen atoms in total. The van der Waals surface area contributed by atoms with E-state index in [9.17, 15) is 18.8 Å². The maximum atomic E-state index is 13.5. The van der Waals surface area contributed by atoms with Crippen molar-refractivity contribution in [1.82, 2.24) is 4.98 Å². The number of pyridine rings is 1. The lowest BCUT2D eigenvalue weighted by Gasteiger charge is -2.29. The van der Waals surface area contributed by atoms with Crippen LogP contribution in [0.15, 0.2) is 6.07 Å². The van der Waals surface area contributed by atoms with Crippen LogP contribution < -0.4 is 10.2 Å². The molecule has 4 rings (SSSR count). The molecule has 3 fully saturated rings. The summed E-state index contributed by atoms with van der Waals surface area (Å²) in [5.41, 5.74) is -0.370. The fraction of sp³-hybridized carbons (Fsp3) is 0.611. The number of carbonyl (C=O) groups is 1. The molecule has 3 atom stereocenters. The zero-order valence-corrected chi connectivity index (χ0v) is 14.2. The molecule has 2 N–H and O–H groups in total. The van der Waals surface area contributed by atoms with E-state index in [0.29, 0.717) is 30.7 Å². The largest absolute Gasteiger partial charge is 0.481 e. The minimum Gasteiger partial charge on any atom is -0.481 e. The summed E-state index contributed by atoms with van der Waals surface area (Å²) in [6.07, 6.45) is 0.407. The van der Waals surface area contributed by atoms with Crippen LogP contribution in [0.25, 0.3) is 0 Å². The number of nitriles is 1. The van der Waals surface area contributed by atoms with Gasteiger partial charge in [0, 0.05) is 31.1 Å². The molecule has 26 heavy (non-hydrogen) atoms. The second-order valence-corrected chi connectivity index (χ2v) is 7.47. The number of anilines is 2. The highest BCUT2D eigenvalue weighted by Crippen LogP contribution is 2.54. The number of hydrogen-bond acceptors (Lipinski definition) is 5. The summed E-state index contributed by atoms with van der Waals surface area (Å²) in [5, 5.41) is 21.4. The van der Waals surface area contributed by atoms with E-state index in [1.807, 2.05) is 11.0 Å². The second kappa shape index (κ2) is 6.38. The van der Waals surface area contributed by atoms with E-state index >= 15 is 0 Å². The number of nitrogens with one attached hydrogen (secondary N) is 1. The SMILES string of the molecule is N#Cc1c(C(F)F)cc(N2C[C@@H]3C(CC(=O)O)[C@@H]3C2)nc1NC1CCC1. The Hall–Kier alpha value is -2.43. The Morgan fingerprint density at radius 3 is 2.62 bits per heavy atom. The molecule has 1 aromatic heterocycles. The van der Waals surface area contributed by atoms with Gasteiger partial charge in [0.1, 0.15) is 23.3 Å². The summed E-state index contributed by atoms with van der Waals surface area (Å²) in [4.78, 5) is 17.3. The van der Waals surface area contributed by atoms with Gasteiger partial charge in [-0.25, -0.2) is 13.8 Å². The predicted octanol–water partition coefficient (Wildman–Crippen LogP) is 3.01. The van der Waals surface area contributed by atoms with Crippen molar-refractivity contribution in [2.24, 2.45) is 17.8 Å². The summed E-state index contributed by atoms with van der Waals surface area (Å²) in [5.74, 6) is 0.668. The Balaban J connectivity index is 1.57. The van der Waals surface area contributed by atoms with Gasteiger partial charge in [-0.3, -0.25) is 4.79 Å². The van der Waals surface area contributed by atoms with Crippen LogP contribution in [-0.2, 0) is 4.79 Å². The minimum absolute atomic E-state index is 0.0799. The third kappa shape index (κ3) is 2.96. The van der Waals surface area contributed by atoms with Crippen LogP contribution in [0, 0.1) is 29.1 Å². The molecule has 138 valence electrons. The average Bonchev–Trinajstić information content (AvgIpc) is 3.00. The predicted molar refractivity (Wildman–Crippen MR) is 90.1 cm³/mol. The number of aromatic nitrogens is 1. The average molecular weight is 362 g/mol. The van der Waals surface area contributed by atoms with Crippen LogP contribution in [0.2, 0.25) is 0 Å². The van der Waals surface area contributed by atoms with Gasteiger partial charge in [-0.2, -0.15) is 5.26 Å². The van der Waals surface area contributed by atoms with Gasteiger partial charge >= 0.3 is 5.97 Å². The number of nitrogens with zero attached hydrogens (tertiary/aromatic N) is 3. The third-order valence-corrected chi connectivity index (χ3v) is 5.94. The van der Waals surface area contributed by atoms with Crippen molar-refractivity contribution < 1.29 is 18.7 Å². The van der Waals surface area contributed by atoms with Gasteiger partial charge in [-0.15, -0.1) is 0 Å². The monoisotopic (exact) mass is 362 g/mol. The number of hydrogen-bond donors (Lipinski definition) is 2. The normalized spacial score (nSPS) is 27.0. The molecule has 1 unspecified atom stereocenters. The van der Waals surface area contributed by atoms with Crippen LogP contribution in [0.1, 0.15) is 43.2 Å². The van der Waals surface area contributed by atoms with E-state index < -0.39 is 12.4 Å². The Morgan fingerprint density at radius 1 is 1.42 bits per heavy atom. The van der Waals surface area contributed by atoms with Gasteiger partial charge in [0.05, 0.1) is 0 Å². The molecule has 0 bridgehead atoms. The lowest BCUT2D eigenvalue weighted by molar-refractivity contribution is -0.137. The first kappa shape index (κ1) is 17.0. The first-order valence-corrected chi connectivity index (χ1v) is 8.94. The minimum atomic E-state index is -2.75. The topological polar surface area (TPSA) is 89.2 Å². The summed E-state index contributed by atoms with van der Waals surface area (Å²) in [6.45, 7) is 1.26. The molecule has 1 saturated heterocycles. The summed E-state index contributed by atoms with van der Waals surface area (Å²) < 4.78 is 27.0. The zero-order valence-electron chi connectivity index (χ0n) is 14.2. The van der Waals surface area contributed by atoms with Crippen molar-refractivity contribution in [1.29, 1.82) is 5.26 Å². The Morgan fingerprint density at radius 2 is 2.12 bits per heavy atom. The molecule has 3 aliphatic rings. The van der Waals surface area contributed by atoms with Crippen molar-refractivity contribution in [3.05, 3.63) is 17.2 Å². The molecule has 1 aromatic rings. The number of aliphatic carboxylic acids is 1. The summed E-state index contributed by atoms with van der Waals surface area (Å²) >= 11 is 0. The van der Waals surface area contributed by atoms with Gasteiger partial charge in [-0.1, -0.05) is 0 Å². The van der Waals surface area contributed by atoms with E-state index in [1.165, 1.54) is 6.07 Å². The van der Waals surface area contributed by atoms with E-state index in [1.54, 1.807) is 0 Å². The molecule has 2 aliphatic carbocycles. The van der Waals surface area contributed by atoms with Crippen molar-refractivity contribution in [2.75, 3.05) is 23.3 Å². The van der Waals surface area contributed by atoms with Crippen LogP contribution in [-0.4, -0.2) is 35.2 Å². The Kier molecular flexibility index (Phi) is 4.17. The standard InChI is InChI=1S/C18H20F2N4O2/c19-17(20)11-4-15(23-18(12(11)6-21)22-9-2-1-3-9)24-7-13-10(5-16(25)26)14(13)8-24/h4,9-10,13-14,17H,1-3,5,7-8H2,(H,22,23)(H,25,26)/t10?,13-,14+. The first-order chi connectivity index (χ1) is 12.5. The molecule has 0 spiro atoms. The Bertz CT molecular complexity index is 763. The molecule has 0 radical (unpaired) electrons. The van der Waals surface area contributed by atoms with Crippen molar-refractivity contribution >= 4 is 17.6 Å². The summed E-state index contributed by atoms with van der Waals surface area (Å²) in [6, 6.07) is 3.37. The molecule has 2 heterocycles. The zero-order chi connectivity index (χ0) is 18.4. The van der Waals surface area contributed by atoms with Crippen molar-refractivity contribution in [3.63, 3.8) is 0 Å². The second-order valence-electron chi connectivity index (χ2n) is 7.47. The van der Waals surface area contributed by atoms with E-state index in [-0.39, 0.29) is 35.3 Å². The lowest BCUT2D eigenvalue weighted by Crippen LogP contribution is -2.30. The molecule has 8 heteroatoms. The Labute approximate surface area is 149 Å². The summed E-state index contributed by atoms with van der Waals surface area (Å²) in [7, 11) is 0. The number of piperidine rings is 1. The molecule has 2 saturated carbocycles. The quantitative estimate of drug-likeness (QED) is 0.809. The highest BCUT2D eigenvalue weighted by molar-refractivity contribution is 5.68. The van der Waals surface area contributed by atoms with Gasteiger partial charge in [-0.05, 0) is 43.1 Å². The maximum Gasteiger partial charge on any atom is 0.303 e. The highest BCUT2D eigenvalue weighted by Gasteiger charge is 2.56. The van der Waals surface area contributed by atoms with Gasteiger partial charge in [0.25, 0.3) is 6.43 Å². The molecule has 1 aliphatic heterocycles. The molecule has 0 aromatic carbocycles. The maximum absolute atomic E-state index is 13.5. The van der Waals surface area contributed by atoms with Crippen LogP contribution in [0.3, 0.4) is 0 Å². The molecule has 0 amide bonds. The van der Waals surface area contributed by atoms with Crippen LogP contribution in [0.4, 0.5) is 20.4 Å². The van der Waals surface area contributed by atoms with E-state index in [0.717, 1.165) is 19.3 Å². The fourth-order valence-electron chi connectivity index (χ4n) is 4.19. The molecular weight excluding hydrogens is 342 g/mol. The smallest absolute Gasteiger partial charge is 0.303 e. The number of alkyl halides is 2. The first-order valence-electron chi connectivity index (χ1n) is 8.94. The van der Waals surface area contributed by atoms with Crippen molar-refractivity contribution in [3.8, 4) is 6.07 Å². The van der Waals surface area contributed by atoms with Gasteiger partial charge < -0.3 is 15.3 Å². The molecular formula is C18H20F2N4O2. The van der Waals surface area contributed by atoms with E-state index in [2.05, 4.69) is 10.3 Å². The number of carboxylic acids is 1. The third-order valence-electron chi connectivity index (χ3n) is 5.94. The van der Waals surface area contributed by atoms with Crippen LogP contribution in [0.5, 0.6) is 0 Å². The highest BCUT2D eigenvalue weighted by atomic mass is 19.3. The lowest BCUT2D eigenvalue weighted by atomic mass is 9.93.